The third-order valence-corrected chi connectivity index (χ3v) is 6.54. The second kappa shape index (κ2) is 11.9. The van der Waals surface area contributed by atoms with E-state index in [2.05, 4.69) is 5.32 Å². The zero-order chi connectivity index (χ0) is 24.6. The summed E-state index contributed by atoms with van der Waals surface area (Å²) in [5.74, 6) is -0.416. The Hall–Kier alpha value is -2.78. The summed E-state index contributed by atoms with van der Waals surface area (Å²) in [6.45, 7) is 3.57. The zero-order valence-electron chi connectivity index (χ0n) is 19.2. The first-order chi connectivity index (χ1) is 15.6. The number of sulfonamides is 1. The Balaban J connectivity index is 2.39. The standard InChI is InChI=1S/C23H30ClN3O5S/c1-5-13-25-23(29)17(2)26(15-18-9-6-7-12-21(18)24)22(28)16-27(33(4,30)31)19-10-8-11-20(14-19)32-3/h6-12,14,17H,5,13,15-16H2,1-4H3,(H,25,29)/t17-/m1/s1. The van der Waals surface area contributed by atoms with E-state index in [0.29, 0.717) is 22.9 Å². The zero-order valence-corrected chi connectivity index (χ0v) is 20.8. The van der Waals surface area contributed by atoms with Crippen LogP contribution in [0.2, 0.25) is 5.02 Å². The van der Waals surface area contributed by atoms with Crippen LogP contribution in [0, 0.1) is 0 Å². The Kier molecular flexibility index (Phi) is 9.55. The average molecular weight is 496 g/mol. The van der Waals surface area contributed by atoms with E-state index in [1.807, 2.05) is 6.92 Å². The highest BCUT2D eigenvalue weighted by molar-refractivity contribution is 7.92. The van der Waals surface area contributed by atoms with Crippen LogP contribution in [0.1, 0.15) is 25.8 Å². The van der Waals surface area contributed by atoms with Gasteiger partial charge in [0.2, 0.25) is 21.8 Å². The van der Waals surface area contributed by atoms with Crippen LogP contribution in [0.3, 0.4) is 0 Å². The molecular formula is C23H30ClN3O5S. The Morgan fingerprint density at radius 3 is 2.45 bits per heavy atom. The number of carbonyl (C=O) groups excluding carboxylic acids is 2. The first-order valence-electron chi connectivity index (χ1n) is 10.5. The summed E-state index contributed by atoms with van der Waals surface area (Å²) in [7, 11) is -2.34. The van der Waals surface area contributed by atoms with Gasteiger partial charge in [-0.25, -0.2) is 8.42 Å². The number of nitrogens with zero attached hydrogens (tertiary/aromatic N) is 2. The van der Waals surface area contributed by atoms with Gasteiger partial charge in [0.05, 0.1) is 19.1 Å². The van der Waals surface area contributed by atoms with Gasteiger partial charge in [-0.05, 0) is 37.1 Å². The predicted molar refractivity (Wildman–Crippen MR) is 130 cm³/mol. The number of ether oxygens (including phenoxy) is 1. The van der Waals surface area contributed by atoms with Gasteiger partial charge in [-0.3, -0.25) is 13.9 Å². The van der Waals surface area contributed by atoms with Crippen LogP contribution >= 0.6 is 11.6 Å². The molecule has 33 heavy (non-hydrogen) atoms. The molecule has 0 radical (unpaired) electrons. The van der Waals surface area contributed by atoms with Crippen molar-refractivity contribution in [1.29, 1.82) is 0 Å². The van der Waals surface area contributed by atoms with Crippen molar-refractivity contribution in [3.8, 4) is 5.75 Å². The van der Waals surface area contributed by atoms with Gasteiger partial charge in [-0.1, -0.05) is 42.8 Å². The average Bonchev–Trinajstić information content (AvgIpc) is 2.79. The molecule has 8 nitrogen and oxygen atoms in total. The number of halogens is 1. The van der Waals surface area contributed by atoms with Crippen molar-refractivity contribution in [2.24, 2.45) is 0 Å². The van der Waals surface area contributed by atoms with E-state index in [9.17, 15) is 18.0 Å². The highest BCUT2D eigenvalue weighted by atomic mass is 35.5. The highest BCUT2D eigenvalue weighted by Gasteiger charge is 2.30. The van der Waals surface area contributed by atoms with Crippen LogP contribution in [0.4, 0.5) is 5.69 Å². The molecule has 0 aliphatic carbocycles. The lowest BCUT2D eigenvalue weighted by Gasteiger charge is -2.31. The lowest BCUT2D eigenvalue weighted by Crippen LogP contribution is -2.51. The summed E-state index contributed by atoms with van der Waals surface area (Å²) in [6.07, 6.45) is 1.77. The molecule has 180 valence electrons. The predicted octanol–water partition coefficient (Wildman–Crippen LogP) is 3.06. The van der Waals surface area contributed by atoms with Gasteiger partial charge in [0.1, 0.15) is 18.3 Å². The summed E-state index contributed by atoms with van der Waals surface area (Å²) in [4.78, 5) is 27.4. The van der Waals surface area contributed by atoms with E-state index >= 15 is 0 Å². The molecule has 0 aliphatic heterocycles. The molecular weight excluding hydrogens is 466 g/mol. The maximum atomic E-state index is 13.4. The van der Waals surface area contributed by atoms with E-state index in [0.717, 1.165) is 17.0 Å². The molecule has 0 heterocycles. The van der Waals surface area contributed by atoms with Gasteiger partial charge in [-0.2, -0.15) is 0 Å². The monoisotopic (exact) mass is 495 g/mol. The largest absolute Gasteiger partial charge is 0.497 e. The minimum Gasteiger partial charge on any atom is -0.497 e. The van der Waals surface area contributed by atoms with Crippen molar-refractivity contribution >= 4 is 39.1 Å². The minimum atomic E-state index is -3.81. The van der Waals surface area contributed by atoms with Gasteiger partial charge in [0.15, 0.2) is 0 Å². The Labute approximate surface area is 200 Å². The van der Waals surface area contributed by atoms with Crippen molar-refractivity contribution < 1.29 is 22.7 Å². The molecule has 0 saturated carbocycles. The van der Waals surface area contributed by atoms with Gasteiger partial charge < -0.3 is 15.0 Å². The Bertz CT molecular complexity index is 1080. The molecule has 1 atom stereocenters. The van der Waals surface area contributed by atoms with E-state index in [4.69, 9.17) is 16.3 Å². The summed E-state index contributed by atoms with van der Waals surface area (Å²) >= 11 is 6.29. The molecule has 0 aliphatic rings. The molecule has 2 amide bonds. The fourth-order valence-electron chi connectivity index (χ4n) is 3.17. The van der Waals surface area contributed by atoms with Crippen LogP contribution in [-0.2, 0) is 26.2 Å². The fraction of sp³-hybridized carbons (Fsp3) is 0.391. The molecule has 0 spiro atoms. The second-order valence-corrected chi connectivity index (χ2v) is 9.87. The third-order valence-electron chi connectivity index (χ3n) is 5.04. The molecule has 0 fully saturated rings. The van der Waals surface area contributed by atoms with Gasteiger partial charge >= 0.3 is 0 Å². The van der Waals surface area contributed by atoms with Gasteiger partial charge in [0, 0.05) is 24.2 Å². The summed E-state index contributed by atoms with van der Waals surface area (Å²) in [5.41, 5.74) is 0.931. The molecule has 2 aromatic rings. The lowest BCUT2D eigenvalue weighted by molar-refractivity contribution is -0.139. The van der Waals surface area contributed by atoms with Crippen molar-refractivity contribution in [2.75, 3.05) is 30.8 Å². The molecule has 0 aromatic heterocycles. The number of amides is 2. The topological polar surface area (TPSA) is 96.0 Å². The first-order valence-corrected chi connectivity index (χ1v) is 12.7. The highest BCUT2D eigenvalue weighted by Crippen LogP contribution is 2.24. The molecule has 2 rings (SSSR count). The summed E-state index contributed by atoms with van der Waals surface area (Å²) in [6, 6.07) is 12.6. The number of anilines is 1. The van der Waals surface area contributed by atoms with E-state index in [1.165, 1.54) is 18.1 Å². The summed E-state index contributed by atoms with van der Waals surface area (Å²) < 4.78 is 31.3. The van der Waals surface area contributed by atoms with Gasteiger partial charge in [-0.15, -0.1) is 0 Å². The second-order valence-electron chi connectivity index (χ2n) is 7.55. The van der Waals surface area contributed by atoms with E-state index in [-0.39, 0.29) is 18.1 Å². The number of methoxy groups -OCH3 is 1. The van der Waals surface area contributed by atoms with Crippen molar-refractivity contribution in [3.63, 3.8) is 0 Å². The van der Waals surface area contributed by atoms with E-state index < -0.39 is 28.5 Å². The maximum absolute atomic E-state index is 13.4. The van der Waals surface area contributed by atoms with Crippen molar-refractivity contribution in [1.82, 2.24) is 10.2 Å². The number of hydrogen-bond donors (Lipinski definition) is 1. The molecule has 1 N–H and O–H groups in total. The van der Waals surface area contributed by atoms with Crippen LogP contribution in [-0.4, -0.2) is 57.6 Å². The van der Waals surface area contributed by atoms with Crippen LogP contribution < -0.4 is 14.4 Å². The van der Waals surface area contributed by atoms with E-state index in [1.54, 1.807) is 49.4 Å². The molecule has 2 aromatic carbocycles. The van der Waals surface area contributed by atoms with Crippen LogP contribution in [0.15, 0.2) is 48.5 Å². The summed E-state index contributed by atoms with van der Waals surface area (Å²) in [5, 5.41) is 3.23. The van der Waals surface area contributed by atoms with Crippen LogP contribution in [0.25, 0.3) is 0 Å². The maximum Gasteiger partial charge on any atom is 0.244 e. The molecule has 0 saturated heterocycles. The lowest BCUT2D eigenvalue weighted by atomic mass is 10.1. The number of rotatable bonds is 11. The Morgan fingerprint density at radius 1 is 1.15 bits per heavy atom. The number of nitrogens with one attached hydrogen (secondary N) is 1. The minimum absolute atomic E-state index is 0.0505. The third kappa shape index (κ3) is 7.36. The smallest absolute Gasteiger partial charge is 0.244 e. The van der Waals surface area contributed by atoms with Gasteiger partial charge in [0.25, 0.3) is 0 Å². The normalized spacial score (nSPS) is 12.0. The van der Waals surface area contributed by atoms with Crippen molar-refractivity contribution in [3.05, 3.63) is 59.1 Å². The number of carbonyl (C=O) groups is 2. The molecule has 10 heteroatoms. The first kappa shape index (κ1) is 26.5. The molecule has 0 bridgehead atoms. The van der Waals surface area contributed by atoms with Crippen molar-refractivity contribution in [2.45, 2.75) is 32.9 Å². The van der Waals surface area contributed by atoms with Crippen LogP contribution in [0.5, 0.6) is 5.75 Å². The Morgan fingerprint density at radius 2 is 1.85 bits per heavy atom. The number of hydrogen-bond acceptors (Lipinski definition) is 5. The molecule has 0 unspecified atom stereocenters. The number of benzene rings is 2. The SMILES string of the molecule is CCCNC(=O)[C@@H](C)N(Cc1ccccc1Cl)C(=O)CN(c1cccc(OC)c1)S(C)(=O)=O. The quantitative estimate of drug-likeness (QED) is 0.517. The fourth-order valence-corrected chi connectivity index (χ4v) is 4.20.